The average Bonchev–Trinajstić information content (AvgIpc) is 2.67. The lowest BCUT2D eigenvalue weighted by atomic mass is 10.3. The van der Waals surface area contributed by atoms with E-state index < -0.39 is 0 Å². The van der Waals surface area contributed by atoms with E-state index >= 15 is 0 Å². The molecule has 2 N–H and O–H groups in total. The second-order valence-corrected chi connectivity index (χ2v) is 3.08. The summed E-state index contributed by atoms with van der Waals surface area (Å²) in [6.07, 6.45) is 1.98. The molecule has 2 rings (SSSR count). The molecule has 15 heavy (non-hydrogen) atoms. The molecule has 5 heteroatoms. The molecule has 0 saturated heterocycles. The maximum Gasteiger partial charge on any atom is 0.148 e. The Morgan fingerprint density at radius 2 is 2.13 bits per heavy atom. The first-order valence-electron chi connectivity index (χ1n) is 4.67. The first-order valence-corrected chi connectivity index (χ1v) is 4.67. The summed E-state index contributed by atoms with van der Waals surface area (Å²) in [6.45, 7) is 0.465. The molecule has 0 fully saturated rings. The van der Waals surface area contributed by atoms with Crippen molar-refractivity contribution >= 4 is 0 Å². The highest BCUT2D eigenvalue weighted by atomic mass is 19.1. The van der Waals surface area contributed by atoms with Crippen molar-refractivity contribution in [3.8, 4) is 5.69 Å². The monoisotopic (exact) mass is 206 g/mol. The summed E-state index contributed by atoms with van der Waals surface area (Å²) >= 11 is 0. The van der Waals surface area contributed by atoms with E-state index in [0.29, 0.717) is 24.5 Å². The van der Waals surface area contributed by atoms with E-state index in [0.717, 1.165) is 0 Å². The summed E-state index contributed by atoms with van der Waals surface area (Å²) in [4.78, 5) is 4.03. The molecule has 0 spiro atoms. The maximum atomic E-state index is 13.5. The Labute approximate surface area is 86.6 Å². The van der Waals surface area contributed by atoms with Crippen LogP contribution in [0.15, 0.2) is 30.6 Å². The number of rotatable bonds is 3. The number of benzene rings is 1. The largest absolute Gasteiger partial charge is 0.330 e. The molecular formula is C10H11FN4. The molecule has 0 radical (unpaired) electrons. The summed E-state index contributed by atoms with van der Waals surface area (Å²) < 4.78 is 14.9. The van der Waals surface area contributed by atoms with E-state index in [-0.39, 0.29) is 5.82 Å². The van der Waals surface area contributed by atoms with Crippen molar-refractivity contribution in [3.63, 3.8) is 0 Å². The van der Waals surface area contributed by atoms with Gasteiger partial charge >= 0.3 is 0 Å². The van der Waals surface area contributed by atoms with Crippen LogP contribution in [0.25, 0.3) is 5.69 Å². The zero-order chi connectivity index (χ0) is 10.7. The molecule has 0 bridgehead atoms. The van der Waals surface area contributed by atoms with Gasteiger partial charge in [-0.05, 0) is 18.7 Å². The average molecular weight is 206 g/mol. The molecule has 1 aromatic heterocycles. The standard InChI is InChI=1S/C10H11FN4/c11-8-3-1-2-4-9(8)15-10(5-6-12)13-7-14-15/h1-4,7H,5-6,12H2. The highest BCUT2D eigenvalue weighted by Gasteiger charge is 2.09. The number of aromatic nitrogens is 3. The Hall–Kier alpha value is -1.75. The highest BCUT2D eigenvalue weighted by molar-refractivity contribution is 5.32. The van der Waals surface area contributed by atoms with E-state index in [1.54, 1.807) is 18.2 Å². The van der Waals surface area contributed by atoms with Crippen molar-refractivity contribution < 1.29 is 4.39 Å². The normalized spacial score (nSPS) is 10.5. The Balaban J connectivity index is 2.45. The molecule has 0 aliphatic heterocycles. The van der Waals surface area contributed by atoms with Gasteiger partial charge in [-0.3, -0.25) is 0 Å². The zero-order valence-corrected chi connectivity index (χ0v) is 8.10. The van der Waals surface area contributed by atoms with Gasteiger partial charge in [0.05, 0.1) is 0 Å². The van der Waals surface area contributed by atoms with Gasteiger partial charge in [-0.1, -0.05) is 12.1 Å². The minimum absolute atomic E-state index is 0.318. The molecule has 0 saturated carbocycles. The van der Waals surface area contributed by atoms with Gasteiger partial charge in [0.2, 0.25) is 0 Å². The summed E-state index contributed by atoms with van der Waals surface area (Å²) in [5.41, 5.74) is 5.83. The third-order valence-electron chi connectivity index (χ3n) is 2.07. The molecule has 78 valence electrons. The van der Waals surface area contributed by atoms with Crippen LogP contribution >= 0.6 is 0 Å². The second-order valence-electron chi connectivity index (χ2n) is 3.08. The second kappa shape index (κ2) is 4.18. The van der Waals surface area contributed by atoms with Crippen molar-refractivity contribution in [1.29, 1.82) is 0 Å². The third-order valence-corrected chi connectivity index (χ3v) is 2.07. The SMILES string of the molecule is NCCc1ncnn1-c1ccccc1F. The Kier molecular flexibility index (Phi) is 2.73. The van der Waals surface area contributed by atoms with Crippen LogP contribution in [0.1, 0.15) is 5.82 Å². The van der Waals surface area contributed by atoms with Gasteiger partial charge in [0, 0.05) is 6.42 Å². The fourth-order valence-corrected chi connectivity index (χ4v) is 1.39. The minimum atomic E-state index is -0.318. The Morgan fingerprint density at radius 3 is 2.87 bits per heavy atom. The van der Waals surface area contributed by atoms with Crippen molar-refractivity contribution in [3.05, 3.63) is 42.2 Å². The lowest BCUT2D eigenvalue weighted by Crippen LogP contribution is -2.10. The first-order chi connectivity index (χ1) is 7.33. The van der Waals surface area contributed by atoms with Gasteiger partial charge in [0.25, 0.3) is 0 Å². The maximum absolute atomic E-state index is 13.5. The van der Waals surface area contributed by atoms with Gasteiger partial charge in [0.1, 0.15) is 23.7 Å². The summed E-state index contributed by atoms with van der Waals surface area (Å²) in [5, 5.41) is 3.98. The molecular weight excluding hydrogens is 195 g/mol. The molecule has 4 nitrogen and oxygen atoms in total. The van der Waals surface area contributed by atoms with E-state index in [1.165, 1.54) is 17.1 Å². The lowest BCUT2D eigenvalue weighted by Gasteiger charge is -2.05. The zero-order valence-electron chi connectivity index (χ0n) is 8.10. The van der Waals surface area contributed by atoms with E-state index in [4.69, 9.17) is 5.73 Å². The Morgan fingerprint density at radius 1 is 1.33 bits per heavy atom. The van der Waals surface area contributed by atoms with Crippen LogP contribution in [0.5, 0.6) is 0 Å². The van der Waals surface area contributed by atoms with Gasteiger partial charge in [-0.2, -0.15) is 5.10 Å². The fourth-order valence-electron chi connectivity index (χ4n) is 1.39. The number of nitrogens with two attached hydrogens (primary N) is 1. The summed E-state index contributed by atoms with van der Waals surface area (Å²) in [5.74, 6) is 0.351. The number of nitrogens with zero attached hydrogens (tertiary/aromatic N) is 3. The van der Waals surface area contributed by atoms with E-state index in [2.05, 4.69) is 10.1 Å². The van der Waals surface area contributed by atoms with Crippen molar-refractivity contribution in [1.82, 2.24) is 14.8 Å². The van der Waals surface area contributed by atoms with Crippen LogP contribution in [0, 0.1) is 5.82 Å². The number of hydrogen-bond donors (Lipinski definition) is 1. The van der Waals surface area contributed by atoms with E-state index in [9.17, 15) is 4.39 Å². The number of halogens is 1. The molecule has 2 aromatic rings. The highest BCUT2D eigenvalue weighted by Crippen LogP contribution is 2.12. The molecule has 0 unspecified atom stereocenters. The number of hydrogen-bond acceptors (Lipinski definition) is 3. The quantitative estimate of drug-likeness (QED) is 0.812. The van der Waals surface area contributed by atoms with Crippen molar-refractivity contribution in [2.24, 2.45) is 5.73 Å². The van der Waals surface area contributed by atoms with Gasteiger partial charge in [-0.15, -0.1) is 0 Å². The van der Waals surface area contributed by atoms with Gasteiger partial charge in [-0.25, -0.2) is 14.1 Å². The molecule has 1 heterocycles. The van der Waals surface area contributed by atoms with Crippen LogP contribution in [-0.2, 0) is 6.42 Å². The molecule has 0 amide bonds. The molecule has 1 aromatic carbocycles. The van der Waals surface area contributed by atoms with Crippen LogP contribution in [0.2, 0.25) is 0 Å². The van der Waals surface area contributed by atoms with Crippen LogP contribution in [0.4, 0.5) is 4.39 Å². The lowest BCUT2D eigenvalue weighted by molar-refractivity contribution is 0.605. The fraction of sp³-hybridized carbons (Fsp3) is 0.200. The molecule has 0 atom stereocenters. The third kappa shape index (κ3) is 1.87. The van der Waals surface area contributed by atoms with Crippen LogP contribution < -0.4 is 5.73 Å². The van der Waals surface area contributed by atoms with Crippen molar-refractivity contribution in [2.75, 3.05) is 6.54 Å². The molecule has 0 aliphatic rings. The van der Waals surface area contributed by atoms with E-state index in [1.807, 2.05) is 0 Å². The van der Waals surface area contributed by atoms with Crippen molar-refractivity contribution in [2.45, 2.75) is 6.42 Å². The smallest absolute Gasteiger partial charge is 0.148 e. The summed E-state index contributed by atoms with van der Waals surface area (Å²) in [7, 11) is 0. The molecule has 0 aliphatic carbocycles. The van der Waals surface area contributed by atoms with Crippen LogP contribution in [-0.4, -0.2) is 21.3 Å². The number of para-hydroxylation sites is 1. The summed E-state index contributed by atoms with van der Waals surface area (Å²) in [6, 6.07) is 6.44. The van der Waals surface area contributed by atoms with Crippen LogP contribution in [0.3, 0.4) is 0 Å². The predicted octanol–water partition coefficient (Wildman–Crippen LogP) is 0.908. The first kappa shape index (κ1) is 9.79. The predicted molar refractivity (Wildman–Crippen MR) is 54.1 cm³/mol. The topological polar surface area (TPSA) is 56.7 Å². The van der Waals surface area contributed by atoms with Gasteiger partial charge < -0.3 is 5.73 Å². The Bertz CT molecular complexity index is 452. The minimum Gasteiger partial charge on any atom is -0.330 e. The van der Waals surface area contributed by atoms with Gasteiger partial charge in [0.15, 0.2) is 0 Å².